The number of nitrogens with one attached hydrogen (secondary N) is 1. The molecule has 0 radical (unpaired) electrons. The van der Waals surface area contributed by atoms with Crippen LogP contribution in [0.2, 0.25) is 0 Å². The third-order valence-electron chi connectivity index (χ3n) is 1.86. The number of hydrogen-bond acceptors (Lipinski definition) is 1. The van der Waals surface area contributed by atoms with Crippen LogP contribution >= 0.6 is 0 Å². The van der Waals surface area contributed by atoms with Crippen molar-refractivity contribution in [3.63, 3.8) is 0 Å². The highest BCUT2D eigenvalue weighted by molar-refractivity contribution is 4.96. The van der Waals surface area contributed by atoms with Crippen LogP contribution < -0.4 is 5.32 Å². The second-order valence-corrected chi connectivity index (χ2v) is 2.74. The average molecular weight is 123 g/mol. The summed E-state index contributed by atoms with van der Waals surface area (Å²) in [5.41, 5.74) is 0. The van der Waals surface area contributed by atoms with Crippen LogP contribution in [0.1, 0.15) is 19.8 Å². The van der Waals surface area contributed by atoms with Crippen molar-refractivity contribution in [3.8, 4) is 12.3 Å². The van der Waals surface area contributed by atoms with Crippen LogP contribution in [0.15, 0.2) is 0 Å². The van der Waals surface area contributed by atoms with Crippen molar-refractivity contribution in [2.75, 3.05) is 6.54 Å². The first-order valence-electron chi connectivity index (χ1n) is 3.52. The van der Waals surface area contributed by atoms with Crippen molar-refractivity contribution >= 4 is 0 Å². The SMILES string of the molecule is C#C[C@H]1CCN[C@H](C)C1. The molecule has 1 rings (SSSR count). The maximum absolute atomic E-state index is 5.29. The van der Waals surface area contributed by atoms with Crippen molar-refractivity contribution in [3.05, 3.63) is 0 Å². The minimum atomic E-state index is 0.529. The predicted molar refractivity (Wildman–Crippen MR) is 39.0 cm³/mol. The summed E-state index contributed by atoms with van der Waals surface area (Å²) >= 11 is 0. The first kappa shape index (κ1) is 6.64. The van der Waals surface area contributed by atoms with Gasteiger partial charge in [-0.25, -0.2) is 0 Å². The molecule has 50 valence electrons. The zero-order valence-electron chi connectivity index (χ0n) is 5.85. The molecule has 1 fully saturated rings. The Labute approximate surface area is 56.8 Å². The molecule has 0 aliphatic carbocycles. The second kappa shape index (κ2) is 2.89. The second-order valence-electron chi connectivity index (χ2n) is 2.74. The van der Waals surface area contributed by atoms with Crippen molar-refractivity contribution in [1.29, 1.82) is 0 Å². The van der Waals surface area contributed by atoms with E-state index in [4.69, 9.17) is 6.42 Å². The van der Waals surface area contributed by atoms with E-state index in [1.54, 1.807) is 0 Å². The van der Waals surface area contributed by atoms with Gasteiger partial charge in [-0.3, -0.25) is 0 Å². The highest BCUT2D eigenvalue weighted by Crippen LogP contribution is 2.13. The van der Waals surface area contributed by atoms with Gasteiger partial charge in [-0.2, -0.15) is 0 Å². The molecule has 0 spiro atoms. The lowest BCUT2D eigenvalue weighted by Gasteiger charge is -2.23. The Kier molecular flexibility index (Phi) is 2.13. The normalized spacial score (nSPS) is 35.6. The predicted octanol–water partition coefficient (Wildman–Crippen LogP) is 1.01. The van der Waals surface area contributed by atoms with E-state index in [1.165, 1.54) is 0 Å². The Balaban J connectivity index is 2.34. The van der Waals surface area contributed by atoms with E-state index >= 15 is 0 Å². The molecular weight excluding hydrogens is 110 g/mol. The molecule has 1 nitrogen and oxygen atoms in total. The lowest BCUT2D eigenvalue weighted by Crippen LogP contribution is -2.35. The van der Waals surface area contributed by atoms with Gasteiger partial charge >= 0.3 is 0 Å². The number of hydrogen-bond donors (Lipinski definition) is 1. The van der Waals surface area contributed by atoms with E-state index < -0.39 is 0 Å². The van der Waals surface area contributed by atoms with Gasteiger partial charge in [0.1, 0.15) is 0 Å². The third kappa shape index (κ3) is 1.73. The largest absolute Gasteiger partial charge is 0.314 e. The Hall–Kier alpha value is -0.480. The molecule has 1 saturated heterocycles. The molecule has 0 aromatic carbocycles. The Morgan fingerprint density at radius 2 is 2.44 bits per heavy atom. The van der Waals surface area contributed by atoms with E-state index in [2.05, 4.69) is 18.2 Å². The van der Waals surface area contributed by atoms with Crippen molar-refractivity contribution in [1.82, 2.24) is 5.32 Å². The summed E-state index contributed by atoms with van der Waals surface area (Å²) in [6.07, 6.45) is 7.59. The molecule has 9 heavy (non-hydrogen) atoms. The van der Waals surface area contributed by atoms with Crippen molar-refractivity contribution in [2.45, 2.75) is 25.8 Å². The summed E-state index contributed by atoms with van der Waals surface area (Å²) < 4.78 is 0. The molecule has 2 atom stereocenters. The van der Waals surface area contributed by atoms with Gasteiger partial charge in [0.25, 0.3) is 0 Å². The zero-order chi connectivity index (χ0) is 6.69. The topological polar surface area (TPSA) is 12.0 Å². The summed E-state index contributed by atoms with van der Waals surface area (Å²) in [6, 6.07) is 0.625. The maximum Gasteiger partial charge on any atom is 0.0227 e. The molecule has 0 amide bonds. The summed E-state index contributed by atoms with van der Waals surface area (Å²) in [4.78, 5) is 0. The van der Waals surface area contributed by atoms with E-state index in [1.807, 2.05) is 0 Å². The van der Waals surface area contributed by atoms with E-state index in [-0.39, 0.29) is 0 Å². The van der Waals surface area contributed by atoms with Crippen LogP contribution in [-0.4, -0.2) is 12.6 Å². The van der Waals surface area contributed by atoms with Gasteiger partial charge in [-0.15, -0.1) is 12.3 Å². The van der Waals surface area contributed by atoms with Crippen molar-refractivity contribution in [2.24, 2.45) is 5.92 Å². The van der Waals surface area contributed by atoms with Gasteiger partial charge in [0.05, 0.1) is 0 Å². The molecule has 1 aliphatic heterocycles. The fourth-order valence-electron chi connectivity index (χ4n) is 1.28. The minimum absolute atomic E-state index is 0.529. The molecule has 1 heteroatoms. The smallest absolute Gasteiger partial charge is 0.0227 e. The summed E-state index contributed by atoms with van der Waals surface area (Å²) in [7, 11) is 0. The van der Waals surface area contributed by atoms with Gasteiger partial charge in [0.15, 0.2) is 0 Å². The Bertz CT molecular complexity index is 123. The van der Waals surface area contributed by atoms with Crippen LogP contribution in [0.4, 0.5) is 0 Å². The average Bonchev–Trinajstić information content (AvgIpc) is 1.88. The quantitative estimate of drug-likeness (QED) is 0.474. The van der Waals surface area contributed by atoms with E-state index in [0.717, 1.165) is 19.4 Å². The molecule has 0 bridgehead atoms. The van der Waals surface area contributed by atoms with E-state index in [0.29, 0.717) is 12.0 Å². The van der Waals surface area contributed by atoms with Crippen molar-refractivity contribution < 1.29 is 0 Å². The lowest BCUT2D eigenvalue weighted by atomic mass is 9.94. The third-order valence-corrected chi connectivity index (χ3v) is 1.86. The molecule has 0 unspecified atom stereocenters. The Morgan fingerprint density at radius 1 is 1.67 bits per heavy atom. The van der Waals surface area contributed by atoms with Gasteiger partial charge in [-0.05, 0) is 26.3 Å². The van der Waals surface area contributed by atoms with Gasteiger partial charge in [0.2, 0.25) is 0 Å². The highest BCUT2D eigenvalue weighted by Gasteiger charge is 2.14. The summed E-state index contributed by atoms with van der Waals surface area (Å²) in [6.45, 7) is 3.28. The number of terminal acetylenes is 1. The first-order chi connectivity index (χ1) is 4.33. The molecule has 1 N–H and O–H groups in total. The van der Waals surface area contributed by atoms with Crippen LogP contribution in [-0.2, 0) is 0 Å². The first-order valence-corrected chi connectivity index (χ1v) is 3.52. The van der Waals surface area contributed by atoms with Crippen LogP contribution in [0, 0.1) is 18.3 Å². The minimum Gasteiger partial charge on any atom is -0.314 e. The molecule has 1 aliphatic rings. The molecule has 0 saturated carbocycles. The summed E-state index contributed by atoms with van der Waals surface area (Å²) in [5, 5.41) is 3.35. The Morgan fingerprint density at radius 3 is 2.89 bits per heavy atom. The lowest BCUT2D eigenvalue weighted by molar-refractivity contribution is 0.370. The van der Waals surface area contributed by atoms with Gasteiger partial charge < -0.3 is 5.32 Å². The van der Waals surface area contributed by atoms with Gasteiger partial charge in [-0.1, -0.05) is 0 Å². The fraction of sp³-hybridized carbons (Fsp3) is 0.750. The molecule has 0 aromatic heterocycles. The van der Waals surface area contributed by atoms with Crippen LogP contribution in [0.5, 0.6) is 0 Å². The van der Waals surface area contributed by atoms with Gasteiger partial charge in [0, 0.05) is 12.0 Å². The fourth-order valence-corrected chi connectivity index (χ4v) is 1.28. The highest BCUT2D eigenvalue weighted by atomic mass is 14.9. The maximum atomic E-state index is 5.29. The molecular formula is C8H13N. The standard InChI is InChI=1S/C8H13N/c1-3-8-4-5-9-7(2)6-8/h1,7-9H,4-6H2,2H3/t7-,8+/m1/s1. The monoisotopic (exact) mass is 123 g/mol. The molecule has 0 aromatic rings. The van der Waals surface area contributed by atoms with Crippen LogP contribution in [0.25, 0.3) is 0 Å². The number of piperidine rings is 1. The van der Waals surface area contributed by atoms with Crippen LogP contribution in [0.3, 0.4) is 0 Å². The molecule has 1 heterocycles. The zero-order valence-corrected chi connectivity index (χ0v) is 5.85. The summed E-state index contributed by atoms with van der Waals surface area (Å²) in [5.74, 6) is 3.32. The number of rotatable bonds is 0. The van der Waals surface area contributed by atoms with E-state index in [9.17, 15) is 0 Å².